The molecule has 0 unspecified atom stereocenters. The van der Waals surface area contributed by atoms with Gasteiger partial charge in [-0.3, -0.25) is 14.9 Å². The van der Waals surface area contributed by atoms with Gasteiger partial charge in [0.05, 0.1) is 10.6 Å². The number of rotatable bonds is 4. The zero-order valence-corrected chi connectivity index (χ0v) is 14.4. The highest BCUT2D eigenvalue weighted by molar-refractivity contribution is 6.04. The van der Waals surface area contributed by atoms with Crippen molar-refractivity contribution in [2.24, 2.45) is 0 Å². The molecule has 1 N–H and O–H groups in total. The molecule has 9 nitrogen and oxygen atoms in total. The summed E-state index contributed by atoms with van der Waals surface area (Å²) in [6.45, 7) is 5.49. The predicted molar refractivity (Wildman–Crippen MR) is 94.4 cm³/mol. The molecule has 0 saturated heterocycles. The Balaban J connectivity index is 1.90. The fraction of sp³-hybridized carbons (Fsp3) is 0.176. The average molecular weight is 352 g/mol. The molecule has 26 heavy (non-hydrogen) atoms. The van der Waals surface area contributed by atoms with Gasteiger partial charge in [-0.05, 0) is 39.0 Å². The molecule has 3 rings (SSSR count). The van der Waals surface area contributed by atoms with Gasteiger partial charge in [0.25, 0.3) is 17.5 Å². The van der Waals surface area contributed by atoms with Gasteiger partial charge in [-0.1, -0.05) is 0 Å². The monoisotopic (exact) mass is 352 g/mol. The third-order valence-corrected chi connectivity index (χ3v) is 3.57. The van der Waals surface area contributed by atoms with Crippen LogP contribution < -0.4 is 5.32 Å². The van der Waals surface area contributed by atoms with E-state index in [1.54, 1.807) is 13.0 Å². The van der Waals surface area contributed by atoms with Gasteiger partial charge >= 0.3 is 0 Å². The second-order valence-electron chi connectivity index (χ2n) is 5.79. The summed E-state index contributed by atoms with van der Waals surface area (Å²) in [6.07, 6.45) is 0. The summed E-state index contributed by atoms with van der Waals surface area (Å²) in [5, 5.41) is 17.8. The molecule has 132 valence electrons. The summed E-state index contributed by atoms with van der Waals surface area (Å²) in [6, 6.07) is 8.90. The van der Waals surface area contributed by atoms with Crippen LogP contribution in [0.1, 0.15) is 27.4 Å². The highest BCUT2D eigenvalue weighted by Gasteiger charge is 2.15. The Hall–Kier alpha value is -3.62. The van der Waals surface area contributed by atoms with Crippen molar-refractivity contribution < 1.29 is 9.72 Å². The zero-order chi connectivity index (χ0) is 18.8. The lowest BCUT2D eigenvalue weighted by atomic mass is 10.2. The van der Waals surface area contributed by atoms with E-state index in [1.165, 1.54) is 28.9 Å². The summed E-state index contributed by atoms with van der Waals surface area (Å²) in [4.78, 5) is 31.4. The van der Waals surface area contributed by atoms with Gasteiger partial charge in [-0.15, -0.1) is 0 Å². The highest BCUT2D eigenvalue weighted by Crippen LogP contribution is 2.17. The predicted octanol–water partition coefficient (Wildman–Crippen LogP) is 2.75. The molecule has 0 bridgehead atoms. The first kappa shape index (κ1) is 17.2. The van der Waals surface area contributed by atoms with Crippen LogP contribution in [-0.2, 0) is 0 Å². The summed E-state index contributed by atoms with van der Waals surface area (Å²) < 4.78 is 1.46. The normalized spacial score (nSPS) is 10.6. The molecule has 0 aliphatic rings. The quantitative estimate of drug-likeness (QED) is 0.570. The van der Waals surface area contributed by atoms with Gasteiger partial charge in [0.2, 0.25) is 0 Å². The van der Waals surface area contributed by atoms with E-state index in [2.05, 4.69) is 20.4 Å². The molecule has 2 aromatic heterocycles. The molecule has 3 aromatic rings. The molecule has 9 heteroatoms. The molecule has 1 amide bonds. The van der Waals surface area contributed by atoms with E-state index in [-0.39, 0.29) is 5.69 Å². The summed E-state index contributed by atoms with van der Waals surface area (Å²) in [5.74, 6) is 0.357. The number of aryl methyl sites for hydroxylation is 3. The van der Waals surface area contributed by atoms with E-state index in [0.29, 0.717) is 23.0 Å². The molecule has 0 atom stereocenters. The first-order valence-electron chi connectivity index (χ1n) is 7.78. The summed E-state index contributed by atoms with van der Waals surface area (Å²) >= 11 is 0. The number of nitro groups is 1. The third kappa shape index (κ3) is 3.56. The first-order valence-corrected chi connectivity index (χ1v) is 7.78. The maximum Gasteiger partial charge on any atom is 0.269 e. The second-order valence-corrected chi connectivity index (χ2v) is 5.79. The van der Waals surface area contributed by atoms with Gasteiger partial charge < -0.3 is 5.32 Å². The van der Waals surface area contributed by atoms with Crippen molar-refractivity contribution >= 4 is 17.4 Å². The van der Waals surface area contributed by atoms with Gasteiger partial charge in [0.15, 0.2) is 0 Å². The highest BCUT2D eigenvalue weighted by atomic mass is 16.6. The van der Waals surface area contributed by atoms with E-state index in [9.17, 15) is 14.9 Å². The maximum atomic E-state index is 12.5. The van der Waals surface area contributed by atoms with Crippen LogP contribution in [-0.4, -0.2) is 30.6 Å². The lowest BCUT2D eigenvalue weighted by Gasteiger charge is -2.09. The van der Waals surface area contributed by atoms with E-state index in [0.717, 1.165) is 11.4 Å². The molecule has 0 aliphatic carbocycles. The summed E-state index contributed by atoms with van der Waals surface area (Å²) in [7, 11) is 0. The van der Waals surface area contributed by atoms with E-state index >= 15 is 0 Å². The van der Waals surface area contributed by atoms with Gasteiger partial charge in [0.1, 0.15) is 5.82 Å². The molecular formula is C17H16N6O3. The topological polar surface area (TPSA) is 116 Å². The molecule has 0 spiro atoms. The Labute approximate surface area is 148 Å². The van der Waals surface area contributed by atoms with Gasteiger partial charge in [0, 0.05) is 35.2 Å². The first-order chi connectivity index (χ1) is 12.3. The number of aromatic nitrogens is 4. The zero-order valence-electron chi connectivity index (χ0n) is 14.4. The number of hydrogen-bond donors (Lipinski definition) is 1. The van der Waals surface area contributed by atoms with Crippen molar-refractivity contribution in [3.05, 3.63) is 69.2 Å². The Morgan fingerprint density at radius 2 is 1.65 bits per heavy atom. The maximum absolute atomic E-state index is 12.5. The number of nitro benzene ring substituents is 1. The largest absolute Gasteiger partial charge is 0.306 e. The Morgan fingerprint density at radius 3 is 2.23 bits per heavy atom. The fourth-order valence-corrected chi connectivity index (χ4v) is 2.47. The van der Waals surface area contributed by atoms with Crippen LogP contribution in [0.15, 0.2) is 36.4 Å². The number of nitrogens with one attached hydrogen (secondary N) is 1. The fourth-order valence-electron chi connectivity index (χ4n) is 2.47. The number of non-ortho nitro benzene ring substituents is 1. The minimum Gasteiger partial charge on any atom is -0.306 e. The van der Waals surface area contributed by atoms with Crippen LogP contribution in [0.4, 0.5) is 11.5 Å². The van der Waals surface area contributed by atoms with Crippen molar-refractivity contribution in [3.8, 4) is 5.95 Å². The number of amides is 1. The molecule has 0 aliphatic heterocycles. The van der Waals surface area contributed by atoms with Crippen molar-refractivity contribution in [1.82, 2.24) is 19.7 Å². The van der Waals surface area contributed by atoms with Crippen LogP contribution in [0.25, 0.3) is 5.95 Å². The number of nitrogens with zero attached hydrogens (tertiary/aromatic N) is 5. The second kappa shape index (κ2) is 6.71. The van der Waals surface area contributed by atoms with Crippen LogP contribution in [0.2, 0.25) is 0 Å². The van der Waals surface area contributed by atoms with Crippen LogP contribution >= 0.6 is 0 Å². The van der Waals surface area contributed by atoms with E-state index in [4.69, 9.17) is 0 Å². The third-order valence-electron chi connectivity index (χ3n) is 3.57. The Bertz CT molecular complexity index is 974. The van der Waals surface area contributed by atoms with Crippen LogP contribution in [0.5, 0.6) is 0 Å². The number of benzene rings is 1. The number of anilines is 1. The van der Waals surface area contributed by atoms with Gasteiger partial charge in [-0.2, -0.15) is 9.78 Å². The average Bonchev–Trinajstić information content (AvgIpc) is 2.94. The number of carbonyl (C=O) groups is 1. The van der Waals surface area contributed by atoms with Crippen molar-refractivity contribution in [3.63, 3.8) is 0 Å². The van der Waals surface area contributed by atoms with Crippen molar-refractivity contribution in [2.75, 3.05) is 5.32 Å². The number of hydrogen-bond acceptors (Lipinski definition) is 6. The molecule has 0 radical (unpaired) electrons. The number of carbonyl (C=O) groups excluding carboxylic acids is 1. The molecule has 0 fully saturated rings. The molecule has 0 saturated carbocycles. The van der Waals surface area contributed by atoms with Crippen molar-refractivity contribution in [2.45, 2.75) is 20.8 Å². The van der Waals surface area contributed by atoms with Crippen molar-refractivity contribution in [1.29, 1.82) is 0 Å². The molecular weight excluding hydrogens is 336 g/mol. The molecule has 2 heterocycles. The lowest BCUT2D eigenvalue weighted by molar-refractivity contribution is -0.384. The smallest absolute Gasteiger partial charge is 0.269 e. The van der Waals surface area contributed by atoms with E-state index < -0.39 is 10.8 Å². The lowest BCUT2D eigenvalue weighted by Crippen LogP contribution is -2.16. The minimum atomic E-state index is -0.516. The van der Waals surface area contributed by atoms with Crippen LogP contribution in [0, 0.1) is 30.9 Å². The Morgan fingerprint density at radius 1 is 1.04 bits per heavy atom. The SMILES string of the molecule is Cc1cc(C)nc(-n2nc(C)cc2NC(=O)c2ccc([N+](=O)[O-])cc2)n1. The summed E-state index contributed by atoms with van der Waals surface area (Å²) in [5.41, 5.74) is 2.47. The van der Waals surface area contributed by atoms with Crippen LogP contribution in [0.3, 0.4) is 0 Å². The van der Waals surface area contributed by atoms with E-state index in [1.807, 2.05) is 19.9 Å². The molecule has 1 aromatic carbocycles. The minimum absolute atomic E-state index is 0.0777. The van der Waals surface area contributed by atoms with Gasteiger partial charge in [-0.25, -0.2) is 9.97 Å². The Kier molecular flexibility index (Phi) is 4.44. The standard InChI is InChI=1S/C17H16N6O3/c1-10-8-11(2)19-17(18-10)22-15(9-12(3)21-22)20-16(24)13-4-6-14(7-5-13)23(25)26/h4-9H,1-3H3,(H,20,24).